The van der Waals surface area contributed by atoms with Crippen molar-refractivity contribution in [2.24, 2.45) is 5.92 Å². The van der Waals surface area contributed by atoms with Crippen molar-refractivity contribution in [3.8, 4) is 0 Å². The molecule has 0 unspecified atom stereocenters. The van der Waals surface area contributed by atoms with Crippen LogP contribution in [0.2, 0.25) is 5.02 Å². The molecule has 0 radical (unpaired) electrons. The van der Waals surface area contributed by atoms with Crippen molar-refractivity contribution >= 4 is 23.7 Å². The molecule has 0 aromatic carbocycles. The number of pyridine rings is 1. The van der Waals surface area contributed by atoms with Gasteiger partial charge < -0.3 is 9.69 Å². The number of aldehydes is 1. The fourth-order valence-corrected chi connectivity index (χ4v) is 1.93. The van der Waals surface area contributed by atoms with Gasteiger partial charge in [-0.25, -0.2) is 4.98 Å². The highest BCUT2D eigenvalue weighted by Crippen LogP contribution is 2.21. The van der Waals surface area contributed by atoms with E-state index in [1.807, 2.05) is 12.1 Å². The first-order valence-electron chi connectivity index (χ1n) is 5.11. The highest BCUT2D eigenvalue weighted by molar-refractivity contribution is 6.30. The lowest BCUT2D eigenvalue weighted by Gasteiger charge is -2.30. The van der Waals surface area contributed by atoms with Gasteiger partial charge in [0, 0.05) is 25.2 Å². The molecule has 4 heteroatoms. The van der Waals surface area contributed by atoms with E-state index in [2.05, 4.69) is 9.88 Å². The fourth-order valence-electron chi connectivity index (χ4n) is 1.82. The van der Waals surface area contributed by atoms with E-state index in [9.17, 15) is 4.79 Å². The van der Waals surface area contributed by atoms with Gasteiger partial charge in [0.1, 0.15) is 12.1 Å². The van der Waals surface area contributed by atoms with Gasteiger partial charge in [-0.15, -0.1) is 0 Å². The Balaban J connectivity index is 2.01. The van der Waals surface area contributed by atoms with Gasteiger partial charge in [0.25, 0.3) is 0 Å². The molecule has 0 amide bonds. The summed E-state index contributed by atoms with van der Waals surface area (Å²) in [4.78, 5) is 17.0. The SMILES string of the molecule is O=CC1CCN(c2ccc(Cl)cn2)CC1. The Hall–Kier alpha value is -1.09. The molecule has 3 nitrogen and oxygen atoms in total. The maximum Gasteiger partial charge on any atom is 0.128 e. The number of hydrogen-bond acceptors (Lipinski definition) is 3. The van der Waals surface area contributed by atoms with Crippen LogP contribution in [-0.2, 0) is 4.79 Å². The molecule has 1 aliphatic rings. The number of anilines is 1. The van der Waals surface area contributed by atoms with Crippen LogP contribution in [0.1, 0.15) is 12.8 Å². The Kier molecular flexibility index (Phi) is 3.21. The van der Waals surface area contributed by atoms with Crippen LogP contribution in [0.25, 0.3) is 0 Å². The van der Waals surface area contributed by atoms with Gasteiger partial charge in [-0.3, -0.25) is 0 Å². The van der Waals surface area contributed by atoms with Crippen molar-refractivity contribution in [1.29, 1.82) is 0 Å². The van der Waals surface area contributed by atoms with Crippen molar-refractivity contribution in [3.05, 3.63) is 23.4 Å². The smallest absolute Gasteiger partial charge is 0.128 e. The molecule has 1 saturated heterocycles. The van der Waals surface area contributed by atoms with Crippen LogP contribution in [0, 0.1) is 5.92 Å². The third-order valence-electron chi connectivity index (χ3n) is 2.77. The first-order chi connectivity index (χ1) is 7.29. The number of carbonyl (C=O) groups is 1. The van der Waals surface area contributed by atoms with Gasteiger partial charge in [0.2, 0.25) is 0 Å². The Labute approximate surface area is 94.1 Å². The molecule has 0 aliphatic carbocycles. The minimum absolute atomic E-state index is 0.230. The van der Waals surface area contributed by atoms with Gasteiger partial charge in [0.15, 0.2) is 0 Å². The summed E-state index contributed by atoms with van der Waals surface area (Å²) in [5, 5.41) is 0.654. The van der Waals surface area contributed by atoms with Gasteiger partial charge >= 0.3 is 0 Å². The van der Waals surface area contributed by atoms with E-state index < -0.39 is 0 Å². The average molecular weight is 225 g/mol. The van der Waals surface area contributed by atoms with E-state index in [-0.39, 0.29) is 5.92 Å². The largest absolute Gasteiger partial charge is 0.357 e. The number of aromatic nitrogens is 1. The van der Waals surface area contributed by atoms with Crippen LogP contribution in [0.5, 0.6) is 0 Å². The molecule has 0 saturated carbocycles. The monoisotopic (exact) mass is 224 g/mol. The second-order valence-corrected chi connectivity index (χ2v) is 4.23. The highest BCUT2D eigenvalue weighted by Gasteiger charge is 2.19. The van der Waals surface area contributed by atoms with E-state index >= 15 is 0 Å². The Bertz CT molecular complexity index is 331. The molecule has 0 spiro atoms. The first-order valence-corrected chi connectivity index (χ1v) is 5.49. The second-order valence-electron chi connectivity index (χ2n) is 3.80. The van der Waals surface area contributed by atoms with Gasteiger partial charge in [-0.05, 0) is 25.0 Å². The third-order valence-corrected chi connectivity index (χ3v) is 2.99. The number of rotatable bonds is 2. The summed E-state index contributed by atoms with van der Waals surface area (Å²) in [6, 6.07) is 3.76. The molecule has 2 rings (SSSR count). The maximum atomic E-state index is 10.6. The number of hydrogen-bond donors (Lipinski definition) is 0. The molecule has 2 heterocycles. The standard InChI is InChI=1S/C11H13ClN2O/c12-10-1-2-11(13-7-10)14-5-3-9(8-15)4-6-14/h1-2,7-9H,3-6H2. The Morgan fingerprint density at radius 3 is 2.67 bits per heavy atom. The van der Waals surface area contributed by atoms with Gasteiger partial charge in [-0.1, -0.05) is 11.6 Å². The zero-order chi connectivity index (χ0) is 10.7. The van der Waals surface area contributed by atoms with E-state index in [1.165, 1.54) is 0 Å². The van der Waals surface area contributed by atoms with Crippen molar-refractivity contribution in [2.75, 3.05) is 18.0 Å². The first kappa shape index (κ1) is 10.4. The molecule has 1 aromatic rings. The summed E-state index contributed by atoms with van der Waals surface area (Å²) in [5.41, 5.74) is 0. The Morgan fingerprint density at radius 1 is 1.40 bits per heavy atom. The van der Waals surface area contributed by atoms with Crippen LogP contribution in [0.15, 0.2) is 18.3 Å². The van der Waals surface area contributed by atoms with Gasteiger partial charge in [0.05, 0.1) is 5.02 Å². The summed E-state index contributed by atoms with van der Waals surface area (Å²) in [6.07, 6.45) is 4.57. The lowest BCUT2D eigenvalue weighted by Crippen LogP contribution is -2.34. The minimum atomic E-state index is 0.230. The fraction of sp³-hybridized carbons (Fsp3) is 0.455. The van der Waals surface area contributed by atoms with Crippen LogP contribution in [0.4, 0.5) is 5.82 Å². The molecule has 1 aromatic heterocycles. The summed E-state index contributed by atoms with van der Waals surface area (Å²) < 4.78 is 0. The average Bonchev–Trinajstić information content (AvgIpc) is 2.30. The van der Waals surface area contributed by atoms with Crippen molar-refractivity contribution in [3.63, 3.8) is 0 Å². The van der Waals surface area contributed by atoms with Crippen molar-refractivity contribution < 1.29 is 4.79 Å². The lowest BCUT2D eigenvalue weighted by molar-refractivity contribution is -0.111. The summed E-state index contributed by atoms with van der Waals surface area (Å²) in [7, 11) is 0. The quantitative estimate of drug-likeness (QED) is 0.722. The molecular weight excluding hydrogens is 212 g/mol. The lowest BCUT2D eigenvalue weighted by atomic mass is 9.99. The number of halogens is 1. The Morgan fingerprint density at radius 2 is 2.13 bits per heavy atom. The molecule has 0 N–H and O–H groups in total. The minimum Gasteiger partial charge on any atom is -0.357 e. The van der Waals surface area contributed by atoms with Crippen molar-refractivity contribution in [2.45, 2.75) is 12.8 Å². The predicted molar refractivity (Wildman–Crippen MR) is 60.2 cm³/mol. The summed E-state index contributed by atoms with van der Waals surface area (Å²) in [5.74, 6) is 1.18. The molecule has 80 valence electrons. The zero-order valence-electron chi connectivity index (χ0n) is 8.40. The normalized spacial score (nSPS) is 17.8. The topological polar surface area (TPSA) is 33.2 Å². The predicted octanol–water partition coefficient (Wildman–Crippen LogP) is 2.15. The van der Waals surface area contributed by atoms with E-state index in [0.29, 0.717) is 5.02 Å². The molecule has 1 fully saturated rings. The number of nitrogens with zero attached hydrogens (tertiary/aromatic N) is 2. The van der Waals surface area contributed by atoms with Crippen molar-refractivity contribution in [1.82, 2.24) is 4.98 Å². The third kappa shape index (κ3) is 2.48. The van der Waals surface area contributed by atoms with Crippen LogP contribution in [-0.4, -0.2) is 24.4 Å². The van der Waals surface area contributed by atoms with Crippen LogP contribution in [0.3, 0.4) is 0 Å². The maximum absolute atomic E-state index is 10.6. The molecule has 0 atom stereocenters. The van der Waals surface area contributed by atoms with E-state index in [0.717, 1.165) is 38.0 Å². The molecule has 0 bridgehead atoms. The van der Waals surface area contributed by atoms with Gasteiger partial charge in [-0.2, -0.15) is 0 Å². The molecule has 1 aliphatic heterocycles. The van der Waals surface area contributed by atoms with Crippen LogP contribution < -0.4 is 4.90 Å². The number of piperidine rings is 1. The summed E-state index contributed by atoms with van der Waals surface area (Å²) in [6.45, 7) is 1.80. The molecular formula is C11H13ClN2O. The second kappa shape index (κ2) is 4.62. The zero-order valence-corrected chi connectivity index (χ0v) is 9.15. The highest BCUT2D eigenvalue weighted by atomic mass is 35.5. The number of carbonyl (C=O) groups excluding carboxylic acids is 1. The summed E-state index contributed by atoms with van der Waals surface area (Å²) >= 11 is 5.77. The van der Waals surface area contributed by atoms with E-state index in [1.54, 1.807) is 6.20 Å². The van der Waals surface area contributed by atoms with Crippen LogP contribution >= 0.6 is 11.6 Å². The molecule has 15 heavy (non-hydrogen) atoms. The van der Waals surface area contributed by atoms with E-state index in [4.69, 9.17) is 11.6 Å².